The van der Waals surface area contributed by atoms with E-state index in [0.717, 1.165) is 12.3 Å². The van der Waals surface area contributed by atoms with E-state index >= 15 is 0 Å². The van der Waals surface area contributed by atoms with Crippen molar-refractivity contribution in [2.75, 3.05) is 0 Å². The number of hydrogen-bond acceptors (Lipinski definition) is 2. The maximum Gasteiger partial charge on any atom is 0.213 e. The van der Waals surface area contributed by atoms with Gasteiger partial charge in [0.2, 0.25) is 5.88 Å². The van der Waals surface area contributed by atoms with Crippen molar-refractivity contribution in [3.05, 3.63) is 18.2 Å². The predicted molar refractivity (Wildman–Crippen MR) is 80.2 cm³/mol. The lowest BCUT2D eigenvalue weighted by Gasteiger charge is -2.14. The van der Waals surface area contributed by atoms with Crippen LogP contribution in [0.5, 0.6) is 5.88 Å². The topological polar surface area (TPSA) is 22.1 Å². The molecule has 0 aliphatic rings. The molecule has 1 aromatic heterocycles. The first-order chi connectivity index (χ1) is 8.63. The summed E-state index contributed by atoms with van der Waals surface area (Å²) in [5.41, 5.74) is 0. The number of rotatable bonds is 8. The van der Waals surface area contributed by atoms with E-state index in [1.807, 2.05) is 6.07 Å². The third-order valence-electron chi connectivity index (χ3n) is 3.02. The molecular weight excluding hydrogens is 238 g/mol. The first-order valence-corrected chi connectivity index (χ1v) is 9.57. The highest BCUT2D eigenvalue weighted by atomic mass is 28.3. The Hall–Kier alpha value is -0.833. The fourth-order valence-electron chi connectivity index (χ4n) is 1.88. The predicted octanol–water partition coefficient (Wildman–Crippen LogP) is 3.78. The van der Waals surface area contributed by atoms with Crippen LogP contribution in [0, 0.1) is 0 Å². The van der Waals surface area contributed by atoms with Gasteiger partial charge in [0.15, 0.2) is 0 Å². The molecule has 18 heavy (non-hydrogen) atoms. The fourth-order valence-corrected chi connectivity index (χ4v) is 2.65. The maximum absolute atomic E-state index is 5.89. The van der Waals surface area contributed by atoms with Crippen LogP contribution in [0.15, 0.2) is 18.2 Å². The maximum atomic E-state index is 5.89. The van der Waals surface area contributed by atoms with Gasteiger partial charge in [-0.25, -0.2) is 4.98 Å². The summed E-state index contributed by atoms with van der Waals surface area (Å²) in [5, 5.41) is 1.20. The standard InChI is InChI=1S/C15H26NOSi/c1-5-6-7-8-10-13(2)17-14-11-9-12-15(16-14)18(3)4/h9,11-13H,5-8,10H2,1-4H3. The van der Waals surface area contributed by atoms with Crippen molar-refractivity contribution in [2.24, 2.45) is 0 Å². The van der Waals surface area contributed by atoms with E-state index in [1.54, 1.807) is 0 Å². The van der Waals surface area contributed by atoms with Crippen LogP contribution in [-0.4, -0.2) is 19.9 Å². The minimum absolute atomic E-state index is 0.272. The molecule has 1 atom stereocenters. The summed E-state index contributed by atoms with van der Waals surface area (Å²) in [6, 6.07) is 6.13. The zero-order valence-corrected chi connectivity index (χ0v) is 13.2. The van der Waals surface area contributed by atoms with Crippen LogP contribution in [-0.2, 0) is 0 Å². The lowest BCUT2D eigenvalue weighted by Crippen LogP contribution is -2.26. The van der Waals surface area contributed by atoms with E-state index in [-0.39, 0.29) is 6.10 Å². The molecule has 0 saturated carbocycles. The average molecular weight is 264 g/mol. The summed E-state index contributed by atoms with van der Waals surface area (Å²) >= 11 is 0. The smallest absolute Gasteiger partial charge is 0.213 e. The number of pyridine rings is 1. The summed E-state index contributed by atoms with van der Waals surface area (Å²) in [6.07, 6.45) is 6.59. The van der Waals surface area contributed by atoms with E-state index in [1.165, 1.54) is 31.0 Å². The van der Waals surface area contributed by atoms with Crippen LogP contribution < -0.4 is 10.1 Å². The zero-order chi connectivity index (χ0) is 13.4. The molecule has 0 bridgehead atoms. The lowest BCUT2D eigenvalue weighted by molar-refractivity contribution is 0.198. The molecule has 1 heterocycles. The molecule has 0 fully saturated rings. The molecule has 0 amide bonds. The fraction of sp³-hybridized carbons (Fsp3) is 0.667. The summed E-state index contributed by atoms with van der Waals surface area (Å²) in [5.74, 6) is 0.793. The van der Waals surface area contributed by atoms with Crippen LogP contribution >= 0.6 is 0 Å². The summed E-state index contributed by atoms with van der Waals surface area (Å²) in [4.78, 5) is 4.58. The van der Waals surface area contributed by atoms with E-state index in [9.17, 15) is 0 Å². The van der Waals surface area contributed by atoms with Gasteiger partial charge in [-0.3, -0.25) is 0 Å². The van der Waals surface area contributed by atoms with Gasteiger partial charge in [-0.1, -0.05) is 45.3 Å². The molecule has 0 aromatic carbocycles. The molecule has 1 aromatic rings. The summed E-state index contributed by atoms with van der Waals surface area (Å²) in [6.45, 7) is 8.89. The quantitative estimate of drug-likeness (QED) is 0.526. The second kappa shape index (κ2) is 8.30. The molecule has 0 aliphatic heterocycles. The molecule has 0 N–H and O–H groups in total. The Kier molecular flexibility index (Phi) is 7.02. The van der Waals surface area contributed by atoms with E-state index in [0.29, 0.717) is 0 Å². The van der Waals surface area contributed by atoms with Gasteiger partial charge in [0, 0.05) is 11.4 Å². The van der Waals surface area contributed by atoms with Gasteiger partial charge in [-0.05, 0) is 25.8 Å². The molecular formula is C15H26NOSi. The van der Waals surface area contributed by atoms with Crippen molar-refractivity contribution < 1.29 is 4.74 Å². The van der Waals surface area contributed by atoms with E-state index < -0.39 is 8.80 Å². The average Bonchev–Trinajstić information content (AvgIpc) is 2.35. The van der Waals surface area contributed by atoms with Gasteiger partial charge in [0.05, 0.1) is 6.10 Å². The van der Waals surface area contributed by atoms with Crippen molar-refractivity contribution >= 4 is 14.1 Å². The Bertz CT molecular complexity index is 341. The van der Waals surface area contributed by atoms with Crippen LogP contribution in [0.1, 0.15) is 46.0 Å². The van der Waals surface area contributed by atoms with Crippen molar-refractivity contribution in [1.29, 1.82) is 0 Å². The number of aromatic nitrogens is 1. The summed E-state index contributed by atoms with van der Waals surface area (Å²) < 4.78 is 5.89. The van der Waals surface area contributed by atoms with Crippen molar-refractivity contribution in [1.82, 2.24) is 4.98 Å². The van der Waals surface area contributed by atoms with Crippen LogP contribution in [0.2, 0.25) is 13.1 Å². The van der Waals surface area contributed by atoms with Gasteiger partial charge in [0.1, 0.15) is 8.80 Å². The Balaban J connectivity index is 2.39. The second-order valence-electron chi connectivity index (χ2n) is 5.14. The second-order valence-corrected chi connectivity index (χ2v) is 7.65. The van der Waals surface area contributed by atoms with Gasteiger partial charge in [-0.2, -0.15) is 0 Å². The van der Waals surface area contributed by atoms with E-state index in [2.05, 4.69) is 44.1 Å². The largest absolute Gasteiger partial charge is 0.475 e. The van der Waals surface area contributed by atoms with Crippen molar-refractivity contribution in [3.8, 4) is 5.88 Å². The Labute approximate surface area is 113 Å². The third-order valence-corrected chi connectivity index (χ3v) is 4.32. The molecule has 101 valence electrons. The Morgan fingerprint density at radius 1 is 1.22 bits per heavy atom. The molecule has 1 radical (unpaired) electrons. The number of ether oxygens (including phenoxy) is 1. The SMILES string of the molecule is CCCCCCC(C)Oc1cccc([Si](C)C)n1. The van der Waals surface area contributed by atoms with E-state index in [4.69, 9.17) is 4.74 Å². The minimum atomic E-state index is -0.484. The number of nitrogens with zero attached hydrogens (tertiary/aromatic N) is 1. The van der Waals surface area contributed by atoms with Crippen molar-refractivity contribution in [2.45, 2.75) is 65.1 Å². The number of unbranched alkanes of at least 4 members (excludes halogenated alkanes) is 3. The van der Waals surface area contributed by atoms with Gasteiger partial charge < -0.3 is 4.74 Å². The Morgan fingerprint density at radius 3 is 2.67 bits per heavy atom. The normalized spacial score (nSPS) is 12.7. The van der Waals surface area contributed by atoms with Crippen molar-refractivity contribution in [3.63, 3.8) is 0 Å². The lowest BCUT2D eigenvalue weighted by atomic mass is 10.1. The molecule has 0 spiro atoms. The van der Waals surface area contributed by atoms with Crippen LogP contribution in [0.4, 0.5) is 0 Å². The number of hydrogen-bond donors (Lipinski definition) is 0. The first-order valence-electron chi connectivity index (χ1n) is 7.07. The summed E-state index contributed by atoms with van der Waals surface area (Å²) in [7, 11) is -0.484. The molecule has 1 unspecified atom stereocenters. The van der Waals surface area contributed by atoms with Crippen LogP contribution in [0.25, 0.3) is 0 Å². The minimum Gasteiger partial charge on any atom is -0.475 e. The highest BCUT2D eigenvalue weighted by Gasteiger charge is 2.07. The molecule has 3 heteroatoms. The monoisotopic (exact) mass is 264 g/mol. The molecule has 2 nitrogen and oxygen atoms in total. The first kappa shape index (κ1) is 15.2. The van der Waals surface area contributed by atoms with Gasteiger partial charge in [0.25, 0.3) is 0 Å². The highest BCUT2D eigenvalue weighted by molar-refractivity contribution is 6.69. The molecule has 1 rings (SSSR count). The Morgan fingerprint density at radius 2 is 2.00 bits per heavy atom. The van der Waals surface area contributed by atoms with Gasteiger partial charge >= 0.3 is 0 Å². The van der Waals surface area contributed by atoms with Crippen LogP contribution in [0.3, 0.4) is 0 Å². The van der Waals surface area contributed by atoms with Gasteiger partial charge in [-0.15, -0.1) is 0 Å². The molecule has 0 aliphatic carbocycles. The zero-order valence-electron chi connectivity index (χ0n) is 12.2. The highest BCUT2D eigenvalue weighted by Crippen LogP contribution is 2.11. The third kappa shape index (κ3) is 5.67. The molecule has 0 saturated heterocycles.